The van der Waals surface area contributed by atoms with Crippen molar-refractivity contribution in [3.8, 4) is 0 Å². The largest absolute Gasteiger partial charge is 0.480 e. The summed E-state index contributed by atoms with van der Waals surface area (Å²) in [7, 11) is 0. The molecule has 0 heterocycles. The highest BCUT2D eigenvalue weighted by molar-refractivity contribution is 5.73. The lowest BCUT2D eigenvalue weighted by Gasteiger charge is -2.23. The molecule has 0 bridgehead atoms. The highest BCUT2D eigenvalue weighted by atomic mass is 16.4. The van der Waals surface area contributed by atoms with Crippen molar-refractivity contribution in [2.24, 2.45) is 11.8 Å². The van der Waals surface area contributed by atoms with E-state index >= 15 is 0 Å². The number of nitrogens with one attached hydrogen (secondary N) is 1. The van der Waals surface area contributed by atoms with Crippen LogP contribution in [0, 0.1) is 11.8 Å². The molecule has 1 fully saturated rings. The van der Waals surface area contributed by atoms with Gasteiger partial charge in [0.1, 0.15) is 6.04 Å². The Labute approximate surface area is 85.9 Å². The summed E-state index contributed by atoms with van der Waals surface area (Å²) in [6.45, 7) is 6.37. The fraction of sp³-hybridized carbons (Fsp3) is 0.909. The molecule has 0 aromatic heterocycles. The van der Waals surface area contributed by atoms with Crippen LogP contribution in [0.25, 0.3) is 0 Å². The van der Waals surface area contributed by atoms with Crippen LogP contribution in [0.3, 0.4) is 0 Å². The molecule has 0 spiro atoms. The van der Waals surface area contributed by atoms with Crippen LogP contribution < -0.4 is 5.32 Å². The second-order valence-corrected chi connectivity index (χ2v) is 4.49. The molecule has 0 aromatic carbocycles. The third-order valence-electron chi connectivity index (χ3n) is 3.59. The zero-order chi connectivity index (χ0) is 10.7. The van der Waals surface area contributed by atoms with Crippen molar-refractivity contribution in [2.75, 3.05) is 0 Å². The minimum absolute atomic E-state index is 0.368. The SMILES string of the molecule is CCC(NC1CCC(C)C1C)C(=O)O. The van der Waals surface area contributed by atoms with Crippen molar-refractivity contribution in [2.45, 2.75) is 52.1 Å². The Balaban J connectivity index is 2.47. The van der Waals surface area contributed by atoms with E-state index in [2.05, 4.69) is 19.2 Å². The number of rotatable bonds is 4. The second-order valence-electron chi connectivity index (χ2n) is 4.49. The minimum atomic E-state index is -0.723. The first-order chi connectivity index (χ1) is 6.56. The Morgan fingerprint density at radius 2 is 2.14 bits per heavy atom. The molecular formula is C11H21NO2. The Morgan fingerprint density at radius 1 is 1.50 bits per heavy atom. The number of aliphatic carboxylic acids is 1. The summed E-state index contributed by atoms with van der Waals surface area (Å²) >= 11 is 0. The van der Waals surface area contributed by atoms with Gasteiger partial charge in [-0.05, 0) is 31.1 Å². The first kappa shape index (κ1) is 11.5. The molecule has 1 rings (SSSR count). The van der Waals surface area contributed by atoms with Crippen LogP contribution in [0.15, 0.2) is 0 Å². The predicted molar refractivity (Wildman–Crippen MR) is 56.2 cm³/mol. The molecule has 4 unspecified atom stereocenters. The fourth-order valence-electron chi connectivity index (χ4n) is 2.22. The van der Waals surface area contributed by atoms with Crippen LogP contribution in [0.2, 0.25) is 0 Å². The molecule has 3 heteroatoms. The van der Waals surface area contributed by atoms with Crippen LogP contribution in [-0.2, 0) is 4.79 Å². The average Bonchev–Trinajstić information content (AvgIpc) is 2.44. The summed E-state index contributed by atoms with van der Waals surface area (Å²) in [5.41, 5.74) is 0. The average molecular weight is 199 g/mol. The van der Waals surface area contributed by atoms with Crippen LogP contribution in [0.5, 0.6) is 0 Å². The number of carbonyl (C=O) groups is 1. The number of carboxylic acids is 1. The molecule has 0 amide bonds. The van der Waals surface area contributed by atoms with Gasteiger partial charge in [-0.1, -0.05) is 20.8 Å². The molecule has 14 heavy (non-hydrogen) atoms. The lowest BCUT2D eigenvalue weighted by molar-refractivity contribution is -0.139. The molecular weight excluding hydrogens is 178 g/mol. The van der Waals surface area contributed by atoms with Crippen molar-refractivity contribution >= 4 is 5.97 Å². The molecule has 1 aliphatic rings. The molecule has 82 valence electrons. The van der Waals surface area contributed by atoms with Gasteiger partial charge in [0.05, 0.1) is 0 Å². The summed E-state index contributed by atoms with van der Waals surface area (Å²) in [5.74, 6) is 0.599. The Kier molecular flexibility index (Phi) is 3.93. The lowest BCUT2D eigenvalue weighted by atomic mass is 9.97. The Bertz CT molecular complexity index is 205. The van der Waals surface area contributed by atoms with Gasteiger partial charge < -0.3 is 10.4 Å². The predicted octanol–water partition coefficient (Wildman–Crippen LogP) is 1.87. The molecule has 0 saturated heterocycles. The quantitative estimate of drug-likeness (QED) is 0.726. The topological polar surface area (TPSA) is 49.3 Å². The van der Waals surface area contributed by atoms with Crippen molar-refractivity contribution in [1.82, 2.24) is 5.32 Å². The van der Waals surface area contributed by atoms with E-state index in [4.69, 9.17) is 5.11 Å². The molecule has 2 N–H and O–H groups in total. The monoisotopic (exact) mass is 199 g/mol. The van der Waals surface area contributed by atoms with E-state index < -0.39 is 5.97 Å². The van der Waals surface area contributed by atoms with Crippen molar-refractivity contribution in [1.29, 1.82) is 0 Å². The van der Waals surface area contributed by atoms with Gasteiger partial charge in [-0.3, -0.25) is 4.79 Å². The molecule has 0 radical (unpaired) electrons. The highest BCUT2D eigenvalue weighted by Crippen LogP contribution is 2.31. The van der Waals surface area contributed by atoms with E-state index in [-0.39, 0.29) is 6.04 Å². The van der Waals surface area contributed by atoms with E-state index in [0.717, 1.165) is 12.3 Å². The fourth-order valence-corrected chi connectivity index (χ4v) is 2.22. The van der Waals surface area contributed by atoms with Gasteiger partial charge in [-0.2, -0.15) is 0 Å². The first-order valence-corrected chi connectivity index (χ1v) is 5.55. The van der Waals surface area contributed by atoms with Gasteiger partial charge >= 0.3 is 5.97 Å². The lowest BCUT2D eigenvalue weighted by Crippen LogP contribution is -2.44. The van der Waals surface area contributed by atoms with Gasteiger partial charge in [-0.25, -0.2) is 0 Å². The van der Waals surface area contributed by atoms with Crippen molar-refractivity contribution in [3.63, 3.8) is 0 Å². The Morgan fingerprint density at radius 3 is 2.50 bits per heavy atom. The molecule has 0 aromatic rings. The van der Waals surface area contributed by atoms with Crippen molar-refractivity contribution in [3.05, 3.63) is 0 Å². The van der Waals surface area contributed by atoms with Gasteiger partial charge in [0.15, 0.2) is 0 Å². The molecule has 4 atom stereocenters. The van der Waals surface area contributed by atoms with Crippen LogP contribution >= 0.6 is 0 Å². The number of hydrogen-bond acceptors (Lipinski definition) is 2. The minimum Gasteiger partial charge on any atom is -0.480 e. The highest BCUT2D eigenvalue weighted by Gasteiger charge is 2.32. The van der Waals surface area contributed by atoms with Gasteiger partial charge in [0.25, 0.3) is 0 Å². The smallest absolute Gasteiger partial charge is 0.320 e. The third-order valence-corrected chi connectivity index (χ3v) is 3.59. The number of carboxylic acid groups (broad SMARTS) is 1. The molecule has 0 aliphatic heterocycles. The maximum atomic E-state index is 10.8. The zero-order valence-electron chi connectivity index (χ0n) is 9.29. The number of hydrogen-bond donors (Lipinski definition) is 2. The van der Waals surface area contributed by atoms with E-state index in [1.54, 1.807) is 0 Å². The summed E-state index contributed by atoms with van der Waals surface area (Å²) < 4.78 is 0. The Hall–Kier alpha value is -0.570. The van der Waals surface area contributed by atoms with Gasteiger partial charge in [0, 0.05) is 6.04 Å². The van der Waals surface area contributed by atoms with Gasteiger partial charge in [0.2, 0.25) is 0 Å². The first-order valence-electron chi connectivity index (χ1n) is 5.55. The van der Waals surface area contributed by atoms with E-state index in [1.165, 1.54) is 6.42 Å². The van der Waals surface area contributed by atoms with Crippen LogP contribution in [-0.4, -0.2) is 23.2 Å². The maximum Gasteiger partial charge on any atom is 0.320 e. The molecule has 3 nitrogen and oxygen atoms in total. The maximum absolute atomic E-state index is 10.8. The van der Waals surface area contributed by atoms with Gasteiger partial charge in [-0.15, -0.1) is 0 Å². The zero-order valence-corrected chi connectivity index (χ0v) is 9.29. The summed E-state index contributed by atoms with van der Waals surface area (Å²) in [6.07, 6.45) is 2.99. The summed E-state index contributed by atoms with van der Waals surface area (Å²) in [4.78, 5) is 10.8. The third kappa shape index (κ3) is 2.47. The second kappa shape index (κ2) is 4.78. The van der Waals surface area contributed by atoms with Crippen LogP contribution in [0.1, 0.15) is 40.0 Å². The van der Waals surface area contributed by atoms with E-state index in [1.807, 2.05) is 6.92 Å². The van der Waals surface area contributed by atoms with Crippen LogP contribution in [0.4, 0.5) is 0 Å². The van der Waals surface area contributed by atoms with Crippen molar-refractivity contribution < 1.29 is 9.90 Å². The molecule has 1 saturated carbocycles. The normalized spacial score (nSPS) is 34.4. The van der Waals surface area contributed by atoms with E-state index in [9.17, 15) is 4.79 Å². The molecule has 1 aliphatic carbocycles. The standard InChI is InChI=1S/C11H21NO2/c1-4-9(11(13)14)12-10-6-5-7(2)8(10)3/h7-10,12H,4-6H2,1-3H3,(H,13,14). The summed E-state index contributed by atoms with van der Waals surface area (Å²) in [5, 5.41) is 12.2. The summed E-state index contributed by atoms with van der Waals surface area (Å²) in [6, 6.07) is 0.0267. The van der Waals surface area contributed by atoms with E-state index in [0.29, 0.717) is 18.4 Å².